The monoisotopic (exact) mass is 227 g/mol. The van der Waals surface area contributed by atoms with Crippen molar-refractivity contribution in [3.63, 3.8) is 0 Å². The van der Waals surface area contributed by atoms with Crippen molar-refractivity contribution in [2.75, 3.05) is 5.73 Å². The minimum absolute atomic E-state index is 0.537. The van der Waals surface area contributed by atoms with Gasteiger partial charge in [0.05, 0.1) is 23.8 Å². The molecule has 0 fully saturated rings. The summed E-state index contributed by atoms with van der Waals surface area (Å²) in [4.78, 5) is 4.33. The average molecular weight is 227 g/mol. The Hall–Kier alpha value is -2.30. The van der Waals surface area contributed by atoms with Gasteiger partial charge in [-0.3, -0.25) is 4.68 Å². The molecule has 5 nitrogen and oxygen atoms in total. The Morgan fingerprint density at radius 1 is 1.29 bits per heavy atom. The number of nitrogens with two attached hydrogens (primary N) is 1. The largest absolute Gasteiger partial charge is 0.369 e. The van der Waals surface area contributed by atoms with Crippen molar-refractivity contribution in [1.82, 2.24) is 19.3 Å². The summed E-state index contributed by atoms with van der Waals surface area (Å²) in [5.74, 6) is 0.537. The number of hydrogen-bond donors (Lipinski definition) is 1. The SMILES string of the molecule is Cn1cc(Cn2c(N)nc3ccccc32)cn1. The first kappa shape index (κ1) is 9.89. The zero-order valence-corrected chi connectivity index (χ0v) is 9.54. The van der Waals surface area contributed by atoms with Gasteiger partial charge in [-0.05, 0) is 12.1 Å². The van der Waals surface area contributed by atoms with E-state index in [0.717, 1.165) is 16.6 Å². The van der Waals surface area contributed by atoms with E-state index >= 15 is 0 Å². The molecule has 0 aliphatic carbocycles. The normalized spacial score (nSPS) is 11.1. The molecule has 0 amide bonds. The molecule has 2 aromatic heterocycles. The maximum absolute atomic E-state index is 5.93. The summed E-state index contributed by atoms with van der Waals surface area (Å²) < 4.78 is 3.77. The molecule has 0 aliphatic heterocycles. The summed E-state index contributed by atoms with van der Waals surface area (Å²) in [6, 6.07) is 7.94. The van der Waals surface area contributed by atoms with E-state index in [1.54, 1.807) is 4.68 Å². The van der Waals surface area contributed by atoms with Crippen molar-refractivity contribution >= 4 is 17.0 Å². The Morgan fingerprint density at radius 2 is 2.12 bits per heavy atom. The van der Waals surface area contributed by atoms with Crippen molar-refractivity contribution in [1.29, 1.82) is 0 Å². The van der Waals surface area contributed by atoms with Crippen LogP contribution in [0.5, 0.6) is 0 Å². The summed E-state index contributed by atoms with van der Waals surface area (Å²) in [7, 11) is 1.90. The predicted molar refractivity (Wildman–Crippen MR) is 66.5 cm³/mol. The fourth-order valence-electron chi connectivity index (χ4n) is 2.00. The predicted octanol–water partition coefficient (Wildman–Crippen LogP) is 1.40. The van der Waals surface area contributed by atoms with E-state index < -0.39 is 0 Å². The smallest absolute Gasteiger partial charge is 0.201 e. The van der Waals surface area contributed by atoms with Crippen LogP contribution in [0.25, 0.3) is 11.0 Å². The van der Waals surface area contributed by atoms with Crippen LogP contribution in [0, 0.1) is 0 Å². The molecule has 0 aliphatic rings. The average Bonchev–Trinajstić information content (AvgIpc) is 2.85. The summed E-state index contributed by atoms with van der Waals surface area (Å²) in [5, 5.41) is 4.15. The summed E-state index contributed by atoms with van der Waals surface area (Å²) in [5.41, 5.74) is 9.02. The molecule has 86 valence electrons. The lowest BCUT2D eigenvalue weighted by Gasteiger charge is -2.03. The molecular formula is C12H13N5. The lowest BCUT2D eigenvalue weighted by molar-refractivity contribution is 0.765. The van der Waals surface area contributed by atoms with Gasteiger partial charge >= 0.3 is 0 Å². The third kappa shape index (κ3) is 1.65. The molecule has 0 saturated heterocycles. The molecule has 2 N–H and O–H groups in total. The third-order valence-corrected chi connectivity index (χ3v) is 2.78. The number of benzene rings is 1. The van der Waals surface area contributed by atoms with Gasteiger partial charge in [-0.25, -0.2) is 4.98 Å². The van der Waals surface area contributed by atoms with Crippen molar-refractivity contribution < 1.29 is 0 Å². The molecule has 5 heteroatoms. The number of para-hydroxylation sites is 2. The number of aryl methyl sites for hydroxylation is 1. The second-order valence-electron chi connectivity index (χ2n) is 4.07. The number of fused-ring (bicyclic) bond motifs is 1. The van der Waals surface area contributed by atoms with Gasteiger partial charge in [0, 0.05) is 18.8 Å². The van der Waals surface area contributed by atoms with Crippen LogP contribution in [0.4, 0.5) is 5.95 Å². The number of imidazole rings is 1. The number of anilines is 1. The van der Waals surface area contributed by atoms with Crippen LogP contribution in [0.2, 0.25) is 0 Å². The number of nitrogens with zero attached hydrogens (tertiary/aromatic N) is 4. The van der Waals surface area contributed by atoms with Gasteiger partial charge in [0.25, 0.3) is 0 Å². The first-order chi connectivity index (χ1) is 8.24. The van der Waals surface area contributed by atoms with E-state index in [2.05, 4.69) is 10.1 Å². The molecule has 0 spiro atoms. The maximum Gasteiger partial charge on any atom is 0.201 e. The lowest BCUT2D eigenvalue weighted by atomic mass is 10.3. The van der Waals surface area contributed by atoms with Crippen LogP contribution in [0.3, 0.4) is 0 Å². The second kappa shape index (κ2) is 3.62. The van der Waals surface area contributed by atoms with Crippen molar-refractivity contribution in [3.05, 3.63) is 42.2 Å². The van der Waals surface area contributed by atoms with Crippen LogP contribution in [0.15, 0.2) is 36.7 Å². The second-order valence-corrected chi connectivity index (χ2v) is 4.07. The van der Waals surface area contributed by atoms with Gasteiger partial charge in [0.1, 0.15) is 0 Å². The van der Waals surface area contributed by atoms with Crippen molar-refractivity contribution in [2.45, 2.75) is 6.54 Å². The molecule has 17 heavy (non-hydrogen) atoms. The molecular weight excluding hydrogens is 214 g/mol. The van der Waals surface area contributed by atoms with Gasteiger partial charge in [-0.15, -0.1) is 0 Å². The first-order valence-corrected chi connectivity index (χ1v) is 5.42. The highest BCUT2D eigenvalue weighted by molar-refractivity contribution is 5.78. The third-order valence-electron chi connectivity index (χ3n) is 2.78. The van der Waals surface area contributed by atoms with Gasteiger partial charge < -0.3 is 10.3 Å². The van der Waals surface area contributed by atoms with E-state index in [1.807, 2.05) is 48.3 Å². The number of rotatable bonds is 2. The van der Waals surface area contributed by atoms with Crippen LogP contribution in [-0.4, -0.2) is 19.3 Å². The van der Waals surface area contributed by atoms with Crippen LogP contribution < -0.4 is 5.73 Å². The lowest BCUT2D eigenvalue weighted by Crippen LogP contribution is -2.03. The Labute approximate surface area is 98.5 Å². The summed E-state index contributed by atoms with van der Waals surface area (Å²) >= 11 is 0. The Bertz CT molecular complexity index is 664. The fourth-order valence-corrected chi connectivity index (χ4v) is 2.00. The molecule has 0 saturated carbocycles. The highest BCUT2D eigenvalue weighted by Crippen LogP contribution is 2.18. The molecule has 3 aromatic rings. The molecule has 0 unspecified atom stereocenters. The van der Waals surface area contributed by atoms with Gasteiger partial charge in [0.2, 0.25) is 5.95 Å². The Kier molecular flexibility index (Phi) is 2.11. The van der Waals surface area contributed by atoms with E-state index in [9.17, 15) is 0 Å². The minimum Gasteiger partial charge on any atom is -0.369 e. The van der Waals surface area contributed by atoms with E-state index in [0.29, 0.717) is 12.5 Å². The van der Waals surface area contributed by atoms with Crippen molar-refractivity contribution in [3.8, 4) is 0 Å². The van der Waals surface area contributed by atoms with Gasteiger partial charge in [0.15, 0.2) is 0 Å². The number of aromatic nitrogens is 4. The molecule has 0 radical (unpaired) electrons. The molecule has 0 bridgehead atoms. The topological polar surface area (TPSA) is 61.7 Å². The fraction of sp³-hybridized carbons (Fsp3) is 0.167. The minimum atomic E-state index is 0.537. The van der Waals surface area contributed by atoms with Crippen LogP contribution in [0.1, 0.15) is 5.56 Å². The molecule has 3 rings (SSSR count). The highest BCUT2D eigenvalue weighted by Gasteiger charge is 2.08. The number of nitrogen functional groups attached to an aromatic ring is 1. The van der Waals surface area contributed by atoms with E-state index in [-0.39, 0.29) is 0 Å². The van der Waals surface area contributed by atoms with Gasteiger partial charge in [-0.1, -0.05) is 12.1 Å². The molecule has 2 heterocycles. The molecule has 0 atom stereocenters. The first-order valence-electron chi connectivity index (χ1n) is 5.42. The quantitative estimate of drug-likeness (QED) is 0.719. The standard InChI is InChI=1S/C12H13N5/c1-16-7-9(6-14-16)8-17-11-5-3-2-4-10(11)15-12(17)13/h2-7H,8H2,1H3,(H2,13,15). The summed E-state index contributed by atoms with van der Waals surface area (Å²) in [6.07, 6.45) is 3.82. The van der Waals surface area contributed by atoms with E-state index in [1.165, 1.54) is 0 Å². The van der Waals surface area contributed by atoms with Crippen LogP contribution >= 0.6 is 0 Å². The highest BCUT2D eigenvalue weighted by atomic mass is 15.2. The zero-order chi connectivity index (χ0) is 11.8. The Balaban J connectivity index is 2.08. The number of hydrogen-bond acceptors (Lipinski definition) is 3. The van der Waals surface area contributed by atoms with Crippen molar-refractivity contribution in [2.24, 2.45) is 7.05 Å². The van der Waals surface area contributed by atoms with E-state index in [4.69, 9.17) is 5.73 Å². The zero-order valence-electron chi connectivity index (χ0n) is 9.54. The maximum atomic E-state index is 5.93. The molecule has 1 aromatic carbocycles. The van der Waals surface area contributed by atoms with Crippen LogP contribution in [-0.2, 0) is 13.6 Å². The van der Waals surface area contributed by atoms with Gasteiger partial charge in [-0.2, -0.15) is 5.10 Å². The Morgan fingerprint density at radius 3 is 2.88 bits per heavy atom. The summed E-state index contributed by atoms with van der Waals surface area (Å²) in [6.45, 7) is 0.695.